The van der Waals surface area contributed by atoms with Crippen LogP contribution in [0.5, 0.6) is 0 Å². The molecule has 1 aliphatic heterocycles. The number of carbonyl (C=O) groups is 1. The van der Waals surface area contributed by atoms with Gasteiger partial charge in [0.2, 0.25) is 5.91 Å². The third-order valence-corrected chi connectivity index (χ3v) is 8.96. The highest BCUT2D eigenvalue weighted by molar-refractivity contribution is 5.79. The average molecular weight is 427 g/mol. The predicted molar refractivity (Wildman–Crippen MR) is 120 cm³/mol. The molecule has 0 saturated heterocycles. The summed E-state index contributed by atoms with van der Waals surface area (Å²) in [7, 11) is 0. The van der Waals surface area contributed by atoms with Crippen LogP contribution in [0.4, 0.5) is 5.82 Å². The molecule has 1 amide bonds. The molecule has 5 aliphatic rings. The molecule has 4 saturated carbocycles. The van der Waals surface area contributed by atoms with Crippen LogP contribution in [0.1, 0.15) is 70.6 Å². The molecule has 0 spiro atoms. The second kappa shape index (κ2) is 8.02. The summed E-state index contributed by atoms with van der Waals surface area (Å²) < 4.78 is 0. The fourth-order valence-electron chi connectivity index (χ4n) is 7.26. The number of carbonyl (C=O) groups excluding carboxylic acids is 1. The first-order valence-electron chi connectivity index (χ1n) is 12.4. The molecule has 170 valence electrons. The minimum Gasteiger partial charge on any atom is -0.391 e. The van der Waals surface area contributed by atoms with Gasteiger partial charge in [0.1, 0.15) is 12.1 Å². The molecule has 6 rings (SSSR count). The zero-order valence-corrected chi connectivity index (χ0v) is 19.3. The Morgan fingerprint density at radius 3 is 2.42 bits per heavy atom. The third-order valence-electron chi connectivity index (χ3n) is 8.96. The molecule has 4 fully saturated rings. The number of nitrogens with one attached hydrogen (secondary N) is 1. The van der Waals surface area contributed by atoms with Gasteiger partial charge in [-0.15, -0.1) is 0 Å². The molecule has 2 heterocycles. The zero-order chi connectivity index (χ0) is 21.8. The minimum atomic E-state index is -0.319. The molecular formula is C25H38N4O2. The van der Waals surface area contributed by atoms with Gasteiger partial charge in [-0.05, 0) is 74.0 Å². The van der Waals surface area contributed by atoms with Crippen LogP contribution in [0.15, 0.2) is 6.33 Å². The van der Waals surface area contributed by atoms with Crippen LogP contribution in [0.25, 0.3) is 0 Å². The van der Waals surface area contributed by atoms with E-state index in [9.17, 15) is 9.90 Å². The summed E-state index contributed by atoms with van der Waals surface area (Å²) in [5, 5.41) is 14.7. The van der Waals surface area contributed by atoms with E-state index in [1.165, 1.54) is 38.5 Å². The number of aromatic nitrogens is 2. The van der Waals surface area contributed by atoms with E-state index in [-0.39, 0.29) is 23.3 Å². The van der Waals surface area contributed by atoms with Gasteiger partial charge in [-0.1, -0.05) is 20.8 Å². The summed E-state index contributed by atoms with van der Waals surface area (Å²) in [6, 6.07) is 0. The van der Waals surface area contributed by atoms with Crippen molar-refractivity contribution in [2.75, 3.05) is 18.4 Å². The predicted octanol–water partition coefficient (Wildman–Crippen LogP) is 3.64. The van der Waals surface area contributed by atoms with E-state index < -0.39 is 0 Å². The van der Waals surface area contributed by atoms with Crippen LogP contribution >= 0.6 is 0 Å². The van der Waals surface area contributed by atoms with Crippen molar-refractivity contribution < 1.29 is 9.90 Å². The van der Waals surface area contributed by atoms with Gasteiger partial charge in [0, 0.05) is 24.6 Å². The Bertz CT molecular complexity index is 804. The number of rotatable bonds is 6. The molecule has 1 aromatic heterocycles. The molecule has 1 aromatic rings. The van der Waals surface area contributed by atoms with E-state index in [4.69, 9.17) is 0 Å². The van der Waals surface area contributed by atoms with Crippen LogP contribution in [-0.2, 0) is 17.8 Å². The van der Waals surface area contributed by atoms with E-state index in [1.54, 1.807) is 6.33 Å². The lowest BCUT2D eigenvalue weighted by molar-refractivity contribution is -0.137. The smallest absolute Gasteiger partial charge is 0.226 e. The van der Waals surface area contributed by atoms with Crippen molar-refractivity contribution >= 4 is 11.7 Å². The minimum absolute atomic E-state index is 0.0245. The number of amides is 1. The van der Waals surface area contributed by atoms with Gasteiger partial charge in [-0.2, -0.15) is 0 Å². The van der Waals surface area contributed by atoms with Crippen molar-refractivity contribution in [3.05, 3.63) is 17.6 Å². The first kappa shape index (κ1) is 21.2. The summed E-state index contributed by atoms with van der Waals surface area (Å²) in [4.78, 5) is 23.7. The van der Waals surface area contributed by atoms with Crippen LogP contribution in [0, 0.1) is 35.0 Å². The van der Waals surface area contributed by atoms with Crippen molar-refractivity contribution in [1.82, 2.24) is 14.9 Å². The molecule has 4 aliphatic carbocycles. The number of anilines is 1. The van der Waals surface area contributed by atoms with Gasteiger partial charge in [0.05, 0.1) is 18.3 Å². The van der Waals surface area contributed by atoms with Gasteiger partial charge in [-0.3, -0.25) is 4.79 Å². The highest BCUT2D eigenvalue weighted by atomic mass is 16.3. The SMILES string of the molecule is CC(C)[C@@H](C)C(=O)N1CCc2c(ncnc2NCC(O)C23CC4CC(CC(C4)C2)C3)C1. The maximum atomic E-state index is 12.8. The molecule has 0 radical (unpaired) electrons. The van der Waals surface area contributed by atoms with Crippen molar-refractivity contribution in [2.45, 2.75) is 78.4 Å². The fourth-order valence-corrected chi connectivity index (χ4v) is 7.26. The maximum Gasteiger partial charge on any atom is 0.226 e. The van der Waals surface area contributed by atoms with Crippen LogP contribution in [0.2, 0.25) is 0 Å². The number of hydrogen-bond acceptors (Lipinski definition) is 5. The molecule has 4 bridgehead atoms. The quantitative estimate of drug-likeness (QED) is 0.726. The average Bonchev–Trinajstić information content (AvgIpc) is 2.74. The molecule has 2 N–H and O–H groups in total. The third kappa shape index (κ3) is 3.85. The van der Waals surface area contributed by atoms with Gasteiger partial charge < -0.3 is 15.3 Å². The van der Waals surface area contributed by atoms with Crippen molar-refractivity contribution in [3.8, 4) is 0 Å². The highest BCUT2D eigenvalue weighted by Gasteiger charge is 2.53. The largest absolute Gasteiger partial charge is 0.391 e. The molecule has 31 heavy (non-hydrogen) atoms. The summed E-state index contributed by atoms with van der Waals surface area (Å²) in [5.74, 6) is 3.93. The summed E-state index contributed by atoms with van der Waals surface area (Å²) in [5.41, 5.74) is 2.17. The van der Waals surface area contributed by atoms with E-state index in [2.05, 4.69) is 29.1 Å². The molecule has 6 nitrogen and oxygen atoms in total. The summed E-state index contributed by atoms with van der Waals surface area (Å²) >= 11 is 0. The molecule has 0 aromatic carbocycles. The van der Waals surface area contributed by atoms with Crippen molar-refractivity contribution in [2.24, 2.45) is 35.0 Å². The lowest BCUT2D eigenvalue weighted by Gasteiger charge is -2.58. The second-order valence-corrected chi connectivity index (χ2v) is 11.4. The van der Waals surface area contributed by atoms with Crippen molar-refractivity contribution in [1.29, 1.82) is 0 Å². The topological polar surface area (TPSA) is 78.4 Å². The van der Waals surface area contributed by atoms with Crippen LogP contribution in [0.3, 0.4) is 0 Å². The number of hydrogen-bond donors (Lipinski definition) is 2. The summed E-state index contributed by atoms with van der Waals surface area (Å²) in [6.45, 7) is 8.03. The Hall–Kier alpha value is -1.69. The van der Waals surface area contributed by atoms with E-state index in [0.717, 1.165) is 41.2 Å². The van der Waals surface area contributed by atoms with Crippen LogP contribution < -0.4 is 5.32 Å². The monoisotopic (exact) mass is 426 g/mol. The number of nitrogens with zero attached hydrogens (tertiary/aromatic N) is 3. The normalized spacial score (nSPS) is 33.3. The number of aliphatic hydroxyl groups is 1. The van der Waals surface area contributed by atoms with E-state index in [0.29, 0.717) is 25.6 Å². The Labute approximate surface area is 186 Å². The Balaban J connectivity index is 1.25. The first-order valence-corrected chi connectivity index (χ1v) is 12.4. The Morgan fingerprint density at radius 2 is 1.81 bits per heavy atom. The number of fused-ring (bicyclic) bond motifs is 1. The zero-order valence-electron chi connectivity index (χ0n) is 19.3. The summed E-state index contributed by atoms with van der Waals surface area (Å²) in [6.07, 6.45) is 9.83. The highest BCUT2D eigenvalue weighted by Crippen LogP contribution is 2.61. The lowest BCUT2D eigenvalue weighted by Crippen LogP contribution is -2.53. The Morgan fingerprint density at radius 1 is 1.16 bits per heavy atom. The molecule has 6 heteroatoms. The molecule has 2 atom stereocenters. The van der Waals surface area contributed by atoms with E-state index >= 15 is 0 Å². The molecule has 1 unspecified atom stereocenters. The first-order chi connectivity index (χ1) is 14.8. The standard InChI is InChI=1S/C25H38N4O2/c1-15(2)16(3)24(31)29-5-4-20-21(13-29)27-14-28-23(20)26-12-22(30)25-9-17-6-18(10-25)8-19(7-17)11-25/h14-19,22,30H,4-13H2,1-3H3,(H,26,27,28)/t16-,17?,18?,19?,22?,25?/m1/s1. The fraction of sp³-hybridized carbons (Fsp3) is 0.800. The van der Waals surface area contributed by atoms with E-state index in [1.807, 2.05) is 11.8 Å². The van der Waals surface area contributed by atoms with Gasteiger partial charge in [0.15, 0.2) is 0 Å². The number of aliphatic hydroxyl groups excluding tert-OH is 1. The van der Waals surface area contributed by atoms with Crippen molar-refractivity contribution in [3.63, 3.8) is 0 Å². The van der Waals surface area contributed by atoms with Crippen LogP contribution in [-0.4, -0.2) is 45.1 Å². The van der Waals surface area contributed by atoms with Gasteiger partial charge >= 0.3 is 0 Å². The lowest BCUT2D eigenvalue weighted by atomic mass is 9.48. The van der Waals surface area contributed by atoms with Gasteiger partial charge in [0.25, 0.3) is 0 Å². The molecular weight excluding hydrogens is 388 g/mol. The Kier molecular flexibility index (Phi) is 5.48. The van der Waals surface area contributed by atoms with Gasteiger partial charge in [-0.25, -0.2) is 9.97 Å². The maximum absolute atomic E-state index is 12.8. The second-order valence-electron chi connectivity index (χ2n) is 11.4.